The summed E-state index contributed by atoms with van der Waals surface area (Å²) >= 11 is 1.58. The van der Waals surface area contributed by atoms with Gasteiger partial charge in [-0.25, -0.2) is 4.79 Å². The summed E-state index contributed by atoms with van der Waals surface area (Å²) in [4.78, 5) is 56.3. The molecule has 0 aliphatic carbocycles. The van der Waals surface area contributed by atoms with Crippen LogP contribution in [0.4, 0.5) is 0 Å². The molecular weight excluding hydrogens is 520 g/mol. The molecule has 1 aromatic carbocycles. The Morgan fingerprint density at radius 3 is 2.59 bits per heavy atom. The average Bonchev–Trinajstić information content (AvgIpc) is 3.58. The molecule has 39 heavy (non-hydrogen) atoms. The number of hydrogen-bond acceptors (Lipinski definition) is 7. The molecule has 1 fully saturated rings. The lowest BCUT2D eigenvalue weighted by Gasteiger charge is -2.29. The van der Waals surface area contributed by atoms with E-state index in [4.69, 9.17) is 11.5 Å². The molecule has 0 spiro atoms. The van der Waals surface area contributed by atoms with Crippen LogP contribution in [0.3, 0.4) is 0 Å². The zero-order valence-electron chi connectivity index (χ0n) is 22.4. The second kappa shape index (κ2) is 14.9. The van der Waals surface area contributed by atoms with Crippen LogP contribution in [0.5, 0.6) is 0 Å². The minimum Gasteiger partial charge on any atom is -0.480 e. The van der Waals surface area contributed by atoms with Crippen molar-refractivity contribution in [2.24, 2.45) is 11.5 Å². The first-order valence-electron chi connectivity index (χ1n) is 13.4. The van der Waals surface area contributed by atoms with Crippen molar-refractivity contribution >= 4 is 46.4 Å². The summed E-state index contributed by atoms with van der Waals surface area (Å²) in [6, 6.07) is 4.01. The molecule has 0 bridgehead atoms. The third-order valence-electron chi connectivity index (χ3n) is 7.08. The Bertz CT molecular complexity index is 1140. The number of hydrogen-bond donors (Lipinski definition) is 6. The first kappa shape index (κ1) is 30.5. The Morgan fingerprint density at radius 2 is 1.87 bits per heavy atom. The molecule has 1 saturated heterocycles. The van der Waals surface area contributed by atoms with Gasteiger partial charge in [0.1, 0.15) is 18.1 Å². The second-order valence-electron chi connectivity index (χ2n) is 9.89. The van der Waals surface area contributed by atoms with Gasteiger partial charge in [-0.15, -0.1) is 0 Å². The Morgan fingerprint density at radius 1 is 1.13 bits per heavy atom. The Kier molecular flexibility index (Phi) is 11.6. The fraction of sp³-hybridized carbons (Fsp3) is 0.556. The van der Waals surface area contributed by atoms with E-state index < -0.39 is 47.9 Å². The summed E-state index contributed by atoms with van der Waals surface area (Å²) in [5.41, 5.74) is 13.4. The maximum Gasteiger partial charge on any atom is 0.326 e. The van der Waals surface area contributed by atoms with Crippen LogP contribution < -0.4 is 22.1 Å². The third-order valence-corrected chi connectivity index (χ3v) is 7.73. The fourth-order valence-corrected chi connectivity index (χ4v) is 5.39. The largest absolute Gasteiger partial charge is 0.480 e. The number of fused-ring (bicyclic) bond motifs is 1. The Labute approximate surface area is 232 Å². The van der Waals surface area contributed by atoms with Gasteiger partial charge in [0.05, 0.1) is 6.04 Å². The van der Waals surface area contributed by atoms with E-state index in [0.717, 1.165) is 16.5 Å². The minimum atomic E-state index is -1.07. The van der Waals surface area contributed by atoms with Crippen LogP contribution in [0.1, 0.15) is 44.1 Å². The summed E-state index contributed by atoms with van der Waals surface area (Å²) in [5, 5.41) is 16.2. The van der Waals surface area contributed by atoms with Crippen LogP contribution >= 0.6 is 11.8 Å². The average molecular weight is 561 g/mol. The first-order valence-corrected chi connectivity index (χ1v) is 14.8. The number of nitrogens with two attached hydrogens (primary N) is 2. The number of thioether (sulfide) groups is 1. The maximum atomic E-state index is 13.7. The van der Waals surface area contributed by atoms with Gasteiger partial charge < -0.3 is 37.1 Å². The van der Waals surface area contributed by atoms with E-state index >= 15 is 0 Å². The summed E-state index contributed by atoms with van der Waals surface area (Å²) in [6.45, 7) is 0.750. The molecule has 2 aromatic rings. The van der Waals surface area contributed by atoms with E-state index in [-0.39, 0.29) is 6.42 Å². The van der Waals surface area contributed by atoms with E-state index in [1.54, 1.807) is 18.0 Å². The van der Waals surface area contributed by atoms with Crippen molar-refractivity contribution < 1.29 is 24.3 Å². The summed E-state index contributed by atoms with van der Waals surface area (Å²) in [6.07, 6.45) is 6.88. The monoisotopic (exact) mass is 560 g/mol. The van der Waals surface area contributed by atoms with E-state index in [1.807, 2.05) is 30.5 Å². The minimum absolute atomic E-state index is 0.161. The molecule has 4 unspecified atom stereocenters. The van der Waals surface area contributed by atoms with Gasteiger partial charge in [-0.1, -0.05) is 18.2 Å². The number of aromatic amines is 1. The Balaban J connectivity index is 1.84. The van der Waals surface area contributed by atoms with Crippen LogP contribution in [0.25, 0.3) is 10.9 Å². The smallest absolute Gasteiger partial charge is 0.326 e. The van der Waals surface area contributed by atoms with Crippen molar-refractivity contribution in [3.63, 3.8) is 0 Å². The molecule has 12 heteroatoms. The lowest BCUT2D eigenvalue weighted by Crippen LogP contribution is -2.57. The van der Waals surface area contributed by atoms with Crippen molar-refractivity contribution in [3.8, 4) is 0 Å². The summed E-state index contributed by atoms with van der Waals surface area (Å²) in [5.74, 6) is -1.75. The summed E-state index contributed by atoms with van der Waals surface area (Å²) in [7, 11) is 0. The van der Waals surface area contributed by atoms with Gasteiger partial charge in [-0.05, 0) is 68.7 Å². The lowest BCUT2D eigenvalue weighted by atomic mass is 10.0. The number of aromatic nitrogens is 1. The number of nitrogens with zero attached hydrogens (tertiary/aromatic N) is 1. The Hall–Kier alpha value is -3.09. The number of unbranched alkanes of at least 4 members (excludes halogenated alkanes) is 1. The van der Waals surface area contributed by atoms with Crippen molar-refractivity contribution in [3.05, 3.63) is 36.0 Å². The van der Waals surface area contributed by atoms with E-state index in [1.165, 1.54) is 4.90 Å². The van der Waals surface area contributed by atoms with Gasteiger partial charge in [0.25, 0.3) is 0 Å². The lowest BCUT2D eigenvalue weighted by molar-refractivity contribution is -0.149. The highest BCUT2D eigenvalue weighted by atomic mass is 32.2. The van der Waals surface area contributed by atoms with Gasteiger partial charge in [0.15, 0.2) is 0 Å². The molecule has 0 saturated carbocycles. The van der Waals surface area contributed by atoms with Gasteiger partial charge in [0, 0.05) is 30.1 Å². The van der Waals surface area contributed by atoms with Crippen LogP contribution in [0, 0.1) is 0 Å². The van der Waals surface area contributed by atoms with Gasteiger partial charge in [0.2, 0.25) is 17.7 Å². The molecule has 2 heterocycles. The van der Waals surface area contributed by atoms with Gasteiger partial charge in [-0.3, -0.25) is 14.4 Å². The van der Waals surface area contributed by atoms with Crippen molar-refractivity contribution in [2.75, 3.05) is 25.1 Å². The molecule has 3 amide bonds. The number of para-hydroxylation sites is 1. The number of amides is 3. The molecular formula is C27H40N6O5S. The topological polar surface area (TPSA) is 184 Å². The quantitative estimate of drug-likeness (QED) is 0.174. The second-order valence-corrected chi connectivity index (χ2v) is 10.9. The van der Waals surface area contributed by atoms with E-state index in [9.17, 15) is 24.3 Å². The molecule has 3 rings (SSSR count). The highest BCUT2D eigenvalue weighted by Gasteiger charge is 2.38. The highest BCUT2D eigenvalue weighted by molar-refractivity contribution is 7.98. The molecule has 8 N–H and O–H groups in total. The number of rotatable bonds is 15. The van der Waals surface area contributed by atoms with E-state index in [2.05, 4.69) is 15.6 Å². The number of carboxylic acids is 1. The van der Waals surface area contributed by atoms with Crippen molar-refractivity contribution in [1.82, 2.24) is 20.5 Å². The fourth-order valence-electron chi connectivity index (χ4n) is 4.90. The summed E-state index contributed by atoms with van der Waals surface area (Å²) < 4.78 is 0. The number of carbonyl (C=O) groups excluding carboxylic acids is 3. The number of H-pyrrole nitrogens is 1. The highest BCUT2D eigenvalue weighted by Crippen LogP contribution is 2.23. The molecule has 214 valence electrons. The normalized spacial score (nSPS) is 17.5. The predicted octanol–water partition coefficient (Wildman–Crippen LogP) is 0.965. The van der Waals surface area contributed by atoms with Crippen LogP contribution in [0.2, 0.25) is 0 Å². The van der Waals surface area contributed by atoms with Crippen LogP contribution in [0.15, 0.2) is 30.5 Å². The van der Waals surface area contributed by atoms with Crippen LogP contribution in [-0.2, 0) is 25.6 Å². The number of benzene rings is 1. The molecule has 1 aliphatic heterocycles. The zero-order valence-corrected chi connectivity index (χ0v) is 23.2. The van der Waals surface area contributed by atoms with Crippen LogP contribution in [-0.4, -0.2) is 87.9 Å². The van der Waals surface area contributed by atoms with Gasteiger partial charge >= 0.3 is 5.97 Å². The number of carboxylic acid groups (broad SMARTS) is 1. The number of carbonyl (C=O) groups is 4. The zero-order chi connectivity index (χ0) is 28.4. The van der Waals surface area contributed by atoms with E-state index in [0.29, 0.717) is 57.4 Å². The number of nitrogens with one attached hydrogen (secondary N) is 3. The molecule has 0 radical (unpaired) electrons. The maximum absolute atomic E-state index is 13.7. The molecule has 4 atom stereocenters. The van der Waals surface area contributed by atoms with Crippen molar-refractivity contribution in [2.45, 2.75) is 69.1 Å². The predicted molar refractivity (Wildman–Crippen MR) is 152 cm³/mol. The number of aliphatic carboxylic acids is 1. The molecule has 1 aliphatic rings. The molecule has 11 nitrogen and oxygen atoms in total. The van der Waals surface area contributed by atoms with Crippen molar-refractivity contribution in [1.29, 1.82) is 0 Å². The number of likely N-dealkylation sites (tertiary alicyclic amines) is 1. The van der Waals surface area contributed by atoms with Gasteiger partial charge in [-0.2, -0.15) is 11.8 Å². The molecule has 1 aromatic heterocycles. The SMILES string of the molecule is CSCCC(N)C(=O)NC(CCCCN)C(=O)NC(Cc1c[nH]c2ccccc12)C(=O)N1CCCC1C(=O)O. The third kappa shape index (κ3) is 8.20. The standard InChI is InChI=1S/C27H40N6O5S/c1-39-14-11-19(29)24(34)31-21(9-4-5-12-28)25(35)32-22(26(36)33-13-6-10-23(33)27(37)38)15-17-16-30-20-8-3-2-7-18(17)20/h2-3,7-8,16,19,21-23,30H,4-6,9-15,28-29H2,1H3,(H,31,34)(H,32,35)(H,37,38). The first-order chi connectivity index (χ1) is 18.8.